The lowest BCUT2D eigenvalue weighted by Gasteiger charge is -2.24. The van der Waals surface area contributed by atoms with E-state index in [4.69, 9.17) is 0 Å². The zero-order chi connectivity index (χ0) is 18.7. The Morgan fingerprint density at radius 2 is 1.96 bits per heavy atom. The maximum absolute atomic E-state index is 12.5. The van der Waals surface area contributed by atoms with Crippen LogP contribution in [0.25, 0.3) is 0 Å². The summed E-state index contributed by atoms with van der Waals surface area (Å²) in [5.74, 6) is -0.310. The predicted molar refractivity (Wildman–Crippen MR) is 101 cm³/mol. The molecule has 134 valence electrons. The van der Waals surface area contributed by atoms with Crippen molar-refractivity contribution < 1.29 is 14.7 Å². The maximum atomic E-state index is 12.5. The van der Waals surface area contributed by atoms with Crippen molar-refractivity contribution in [2.75, 3.05) is 11.9 Å². The molecular formula is C21H22N2O3. The molecule has 0 aromatic heterocycles. The summed E-state index contributed by atoms with van der Waals surface area (Å²) >= 11 is 0. The third-order valence-electron chi connectivity index (χ3n) is 4.76. The Hall–Kier alpha value is -3.08. The number of phenolic OH excluding ortho intramolecular Hbond substituents is 1. The SMILES string of the molecule is C=CC(=O)N1CCCC1c1ccc(C(=O)Nc2c(C)cccc2O)cc1. The summed E-state index contributed by atoms with van der Waals surface area (Å²) in [6, 6.07) is 12.4. The van der Waals surface area contributed by atoms with Gasteiger partial charge in [-0.1, -0.05) is 30.8 Å². The number of amides is 2. The van der Waals surface area contributed by atoms with Crippen molar-refractivity contribution in [3.8, 4) is 5.75 Å². The summed E-state index contributed by atoms with van der Waals surface area (Å²) in [5, 5.41) is 12.7. The third-order valence-corrected chi connectivity index (χ3v) is 4.76. The number of carbonyl (C=O) groups excluding carboxylic acids is 2. The monoisotopic (exact) mass is 350 g/mol. The number of hydrogen-bond donors (Lipinski definition) is 2. The second-order valence-electron chi connectivity index (χ2n) is 6.44. The number of anilines is 1. The van der Waals surface area contributed by atoms with E-state index in [1.54, 1.807) is 18.2 Å². The Morgan fingerprint density at radius 3 is 2.62 bits per heavy atom. The van der Waals surface area contributed by atoms with Crippen molar-refractivity contribution in [3.63, 3.8) is 0 Å². The highest BCUT2D eigenvalue weighted by Crippen LogP contribution is 2.32. The van der Waals surface area contributed by atoms with Crippen LogP contribution < -0.4 is 5.32 Å². The van der Waals surface area contributed by atoms with E-state index in [1.807, 2.05) is 30.0 Å². The number of hydrogen-bond acceptors (Lipinski definition) is 3. The van der Waals surface area contributed by atoms with Gasteiger partial charge < -0.3 is 15.3 Å². The van der Waals surface area contributed by atoms with Crippen LogP contribution in [0.1, 0.15) is 40.4 Å². The van der Waals surface area contributed by atoms with Crippen molar-refractivity contribution in [3.05, 3.63) is 71.8 Å². The van der Waals surface area contributed by atoms with Gasteiger partial charge in [-0.15, -0.1) is 0 Å². The van der Waals surface area contributed by atoms with Gasteiger partial charge in [-0.2, -0.15) is 0 Å². The van der Waals surface area contributed by atoms with Crippen LogP contribution in [0.4, 0.5) is 5.69 Å². The Labute approximate surface area is 153 Å². The average molecular weight is 350 g/mol. The molecular weight excluding hydrogens is 328 g/mol. The molecule has 1 atom stereocenters. The minimum absolute atomic E-state index is 0.0259. The molecule has 5 heteroatoms. The van der Waals surface area contributed by atoms with E-state index in [0.29, 0.717) is 11.3 Å². The zero-order valence-electron chi connectivity index (χ0n) is 14.7. The maximum Gasteiger partial charge on any atom is 0.255 e. The number of aryl methyl sites for hydroxylation is 1. The summed E-state index contributed by atoms with van der Waals surface area (Å²) in [7, 11) is 0. The van der Waals surface area contributed by atoms with Crippen molar-refractivity contribution >= 4 is 17.5 Å². The number of para-hydroxylation sites is 1. The molecule has 0 radical (unpaired) electrons. The minimum Gasteiger partial charge on any atom is -0.506 e. The highest BCUT2D eigenvalue weighted by molar-refractivity contribution is 6.05. The lowest BCUT2D eigenvalue weighted by molar-refractivity contribution is -0.126. The van der Waals surface area contributed by atoms with Gasteiger partial charge >= 0.3 is 0 Å². The topological polar surface area (TPSA) is 69.6 Å². The van der Waals surface area contributed by atoms with E-state index in [-0.39, 0.29) is 23.6 Å². The molecule has 1 aliphatic heterocycles. The number of benzene rings is 2. The second kappa shape index (κ2) is 7.44. The molecule has 1 fully saturated rings. The van der Waals surface area contributed by atoms with E-state index in [1.165, 1.54) is 12.1 Å². The first-order valence-corrected chi connectivity index (χ1v) is 8.64. The second-order valence-corrected chi connectivity index (χ2v) is 6.44. The van der Waals surface area contributed by atoms with Crippen LogP contribution in [0.2, 0.25) is 0 Å². The van der Waals surface area contributed by atoms with Crippen molar-refractivity contribution in [2.45, 2.75) is 25.8 Å². The fraction of sp³-hybridized carbons (Fsp3) is 0.238. The van der Waals surface area contributed by atoms with E-state index in [9.17, 15) is 14.7 Å². The molecule has 5 nitrogen and oxygen atoms in total. The zero-order valence-corrected chi connectivity index (χ0v) is 14.7. The average Bonchev–Trinajstić information content (AvgIpc) is 3.14. The number of likely N-dealkylation sites (tertiary alicyclic amines) is 1. The largest absolute Gasteiger partial charge is 0.506 e. The van der Waals surface area contributed by atoms with Gasteiger partial charge in [-0.05, 0) is 55.2 Å². The van der Waals surface area contributed by atoms with Gasteiger partial charge in [-0.3, -0.25) is 9.59 Å². The van der Waals surface area contributed by atoms with Gasteiger partial charge in [0.1, 0.15) is 5.75 Å². The third kappa shape index (κ3) is 3.47. The van der Waals surface area contributed by atoms with Crippen molar-refractivity contribution in [1.29, 1.82) is 0 Å². The van der Waals surface area contributed by atoms with Gasteiger partial charge in [0.05, 0.1) is 11.7 Å². The molecule has 3 rings (SSSR count). The fourth-order valence-electron chi connectivity index (χ4n) is 3.35. The smallest absolute Gasteiger partial charge is 0.255 e. The minimum atomic E-state index is -0.286. The molecule has 0 bridgehead atoms. The highest BCUT2D eigenvalue weighted by Gasteiger charge is 2.28. The number of carbonyl (C=O) groups is 2. The summed E-state index contributed by atoms with van der Waals surface area (Å²) < 4.78 is 0. The quantitative estimate of drug-likeness (QED) is 0.651. The van der Waals surface area contributed by atoms with Crippen LogP contribution in [0.5, 0.6) is 5.75 Å². The van der Waals surface area contributed by atoms with Gasteiger partial charge in [0.2, 0.25) is 5.91 Å². The van der Waals surface area contributed by atoms with Gasteiger partial charge in [0.15, 0.2) is 0 Å². The summed E-state index contributed by atoms with van der Waals surface area (Å²) in [6.45, 7) is 6.11. The normalized spacial score (nSPS) is 16.3. The van der Waals surface area contributed by atoms with Gasteiger partial charge in [0.25, 0.3) is 5.91 Å². The molecule has 2 amide bonds. The Morgan fingerprint density at radius 1 is 1.23 bits per heavy atom. The van der Waals surface area contributed by atoms with E-state index < -0.39 is 0 Å². The molecule has 0 aliphatic carbocycles. The molecule has 2 aromatic carbocycles. The Balaban J connectivity index is 1.76. The van der Waals surface area contributed by atoms with Crippen LogP contribution in [-0.2, 0) is 4.79 Å². The molecule has 1 heterocycles. The van der Waals surface area contributed by atoms with Crippen LogP contribution in [0, 0.1) is 6.92 Å². The molecule has 0 spiro atoms. The fourth-order valence-corrected chi connectivity index (χ4v) is 3.35. The standard InChI is InChI=1S/C21H22N2O3/c1-3-19(25)23-13-5-7-17(23)15-9-11-16(12-10-15)21(26)22-20-14(2)6-4-8-18(20)24/h3-4,6,8-12,17,24H,1,5,7,13H2,2H3,(H,22,26). The number of rotatable bonds is 4. The number of aromatic hydroxyl groups is 1. The first-order valence-electron chi connectivity index (χ1n) is 8.64. The van der Waals surface area contributed by atoms with Crippen LogP contribution in [0.15, 0.2) is 55.1 Å². The lowest BCUT2D eigenvalue weighted by atomic mass is 10.0. The van der Waals surface area contributed by atoms with Crippen LogP contribution >= 0.6 is 0 Å². The molecule has 2 aromatic rings. The van der Waals surface area contributed by atoms with E-state index in [2.05, 4.69) is 11.9 Å². The Bertz CT molecular complexity index is 823. The van der Waals surface area contributed by atoms with Crippen molar-refractivity contribution in [2.24, 2.45) is 0 Å². The summed E-state index contributed by atoms with van der Waals surface area (Å²) in [5.41, 5.74) is 2.71. The number of nitrogens with one attached hydrogen (secondary N) is 1. The van der Waals surface area contributed by atoms with Crippen LogP contribution in [-0.4, -0.2) is 28.4 Å². The molecule has 2 N–H and O–H groups in total. The molecule has 26 heavy (non-hydrogen) atoms. The van der Waals surface area contributed by atoms with Gasteiger partial charge in [-0.25, -0.2) is 0 Å². The molecule has 1 unspecified atom stereocenters. The highest BCUT2D eigenvalue weighted by atomic mass is 16.3. The molecule has 0 saturated carbocycles. The number of phenols is 1. The summed E-state index contributed by atoms with van der Waals surface area (Å²) in [4.78, 5) is 26.2. The van der Waals surface area contributed by atoms with Crippen molar-refractivity contribution in [1.82, 2.24) is 4.90 Å². The molecule has 1 aliphatic rings. The van der Waals surface area contributed by atoms with E-state index in [0.717, 1.165) is 30.5 Å². The number of nitrogens with zero attached hydrogens (tertiary/aromatic N) is 1. The van der Waals surface area contributed by atoms with Gasteiger partial charge in [0, 0.05) is 12.1 Å². The van der Waals surface area contributed by atoms with E-state index >= 15 is 0 Å². The predicted octanol–water partition coefficient (Wildman–Crippen LogP) is 3.80. The first kappa shape index (κ1) is 17.7. The first-order chi connectivity index (χ1) is 12.5. The van der Waals surface area contributed by atoms with Crippen LogP contribution in [0.3, 0.4) is 0 Å². The Kier molecular flexibility index (Phi) is 5.07. The lowest BCUT2D eigenvalue weighted by Crippen LogP contribution is -2.28. The molecule has 1 saturated heterocycles. The summed E-state index contributed by atoms with van der Waals surface area (Å²) in [6.07, 6.45) is 3.20.